The minimum absolute atomic E-state index is 0.598. The minimum atomic E-state index is 0.598. The number of nitrogens with zero attached hydrogens (tertiary/aromatic N) is 2. The van der Waals surface area contributed by atoms with E-state index in [1.807, 2.05) is 23.0 Å². The fourth-order valence-electron chi connectivity index (χ4n) is 1.85. The average Bonchev–Trinajstić information content (AvgIpc) is 2.75. The molecular formula is C13H16BrN3O. The number of methoxy groups -OCH3 is 1. The lowest BCUT2D eigenvalue weighted by atomic mass is 10.2. The molecule has 18 heavy (non-hydrogen) atoms. The highest BCUT2D eigenvalue weighted by molar-refractivity contribution is 9.10. The molecular weight excluding hydrogens is 294 g/mol. The molecule has 0 bridgehead atoms. The van der Waals surface area contributed by atoms with Gasteiger partial charge in [-0.15, -0.1) is 0 Å². The SMILES string of the molecule is COc1c(CCN)cnn1Cc1ccc(Br)cc1. The Morgan fingerprint density at radius 2 is 2.06 bits per heavy atom. The van der Waals surface area contributed by atoms with Gasteiger partial charge in [-0.2, -0.15) is 5.10 Å². The number of hydrogen-bond donors (Lipinski definition) is 1. The number of hydrogen-bond acceptors (Lipinski definition) is 3. The van der Waals surface area contributed by atoms with E-state index in [-0.39, 0.29) is 0 Å². The van der Waals surface area contributed by atoms with Crippen LogP contribution in [0.15, 0.2) is 34.9 Å². The van der Waals surface area contributed by atoms with Crippen molar-refractivity contribution in [3.63, 3.8) is 0 Å². The van der Waals surface area contributed by atoms with Gasteiger partial charge >= 0.3 is 0 Å². The van der Waals surface area contributed by atoms with Crippen LogP contribution in [0.3, 0.4) is 0 Å². The summed E-state index contributed by atoms with van der Waals surface area (Å²) in [7, 11) is 1.66. The van der Waals surface area contributed by atoms with Gasteiger partial charge in [0, 0.05) is 10.0 Å². The van der Waals surface area contributed by atoms with Crippen LogP contribution in [0.5, 0.6) is 5.88 Å². The molecule has 0 aliphatic carbocycles. The van der Waals surface area contributed by atoms with Gasteiger partial charge in [-0.1, -0.05) is 28.1 Å². The molecule has 5 heteroatoms. The highest BCUT2D eigenvalue weighted by atomic mass is 79.9. The Morgan fingerprint density at radius 1 is 1.33 bits per heavy atom. The number of nitrogens with two attached hydrogens (primary N) is 1. The molecule has 0 spiro atoms. The summed E-state index contributed by atoms with van der Waals surface area (Å²) < 4.78 is 8.33. The van der Waals surface area contributed by atoms with Crippen molar-refractivity contribution in [3.8, 4) is 5.88 Å². The zero-order chi connectivity index (χ0) is 13.0. The van der Waals surface area contributed by atoms with Crippen molar-refractivity contribution in [2.45, 2.75) is 13.0 Å². The third-order valence-electron chi connectivity index (χ3n) is 2.71. The summed E-state index contributed by atoms with van der Waals surface area (Å²) in [5, 5.41) is 4.35. The average molecular weight is 310 g/mol. The molecule has 2 N–H and O–H groups in total. The molecule has 0 radical (unpaired) electrons. The molecule has 0 fully saturated rings. The highest BCUT2D eigenvalue weighted by Crippen LogP contribution is 2.20. The summed E-state index contributed by atoms with van der Waals surface area (Å²) in [6.45, 7) is 1.29. The van der Waals surface area contributed by atoms with Crippen LogP contribution in [0.4, 0.5) is 0 Å². The summed E-state index contributed by atoms with van der Waals surface area (Å²) >= 11 is 3.42. The Bertz CT molecular complexity index is 507. The van der Waals surface area contributed by atoms with Crippen LogP contribution in [-0.2, 0) is 13.0 Å². The lowest BCUT2D eigenvalue weighted by molar-refractivity contribution is 0.363. The number of halogens is 1. The van der Waals surface area contributed by atoms with Crippen LogP contribution in [0, 0.1) is 0 Å². The van der Waals surface area contributed by atoms with Crippen LogP contribution in [0.1, 0.15) is 11.1 Å². The Morgan fingerprint density at radius 3 is 2.67 bits per heavy atom. The quantitative estimate of drug-likeness (QED) is 0.921. The molecule has 96 valence electrons. The third kappa shape index (κ3) is 2.91. The Balaban J connectivity index is 2.20. The number of ether oxygens (including phenoxy) is 1. The highest BCUT2D eigenvalue weighted by Gasteiger charge is 2.10. The van der Waals surface area contributed by atoms with Gasteiger partial charge in [-0.3, -0.25) is 0 Å². The maximum Gasteiger partial charge on any atom is 0.215 e. The van der Waals surface area contributed by atoms with Crippen molar-refractivity contribution in [2.24, 2.45) is 5.73 Å². The van der Waals surface area contributed by atoms with E-state index in [0.29, 0.717) is 13.1 Å². The Hall–Kier alpha value is -1.33. The molecule has 1 heterocycles. The number of rotatable bonds is 5. The van der Waals surface area contributed by atoms with Crippen LogP contribution < -0.4 is 10.5 Å². The fourth-order valence-corrected chi connectivity index (χ4v) is 2.12. The molecule has 0 saturated carbocycles. The van der Waals surface area contributed by atoms with Gasteiger partial charge in [0.1, 0.15) is 0 Å². The van der Waals surface area contributed by atoms with Gasteiger partial charge in [-0.05, 0) is 30.7 Å². The molecule has 1 aromatic heterocycles. The summed E-state index contributed by atoms with van der Waals surface area (Å²) in [6.07, 6.45) is 2.61. The maximum absolute atomic E-state index is 5.56. The first-order valence-corrected chi connectivity index (χ1v) is 6.57. The summed E-state index contributed by atoms with van der Waals surface area (Å²) in [5.74, 6) is 0.795. The normalized spacial score (nSPS) is 10.6. The minimum Gasteiger partial charge on any atom is -0.481 e. The summed E-state index contributed by atoms with van der Waals surface area (Å²) in [6, 6.07) is 8.17. The molecule has 1 aromatic carbocycles. The van der Waals surface area contributed by atoms with Crippen molar-refractivity contribution in [3.05, 3.63) is 46.1 Å². The Kier molecular flexibility index (Phi) is 4.38. The van der Waals surface area contributed by atoms with Crippen molar-refractivity contribution >= 4 is 15.9 Å². The standard InChI is InChI=1S/C13H16BrN3O/c1-18-13-11(6-7-15)8-16-17(13)9-10-2-4-12(14)5-3-10/h2-5,8H,6-7,9,15H2,1H3. The molecule has 0 aliphatic rings. The zero-order valence-electron chi connectivity index (χ0n) is 10.3. The number of benzene rings is 1. The lowest BCUT2D eigenvalue weighted by Gasteiger charge is -2.08. The predicted octanol–water partition coefficient (Wildman–Crippen LogP) is 2.20. The van der Waals surface area contributed by atoms with Crippen molar-refractivity contribution in [1.82, 2.24) is 9.78 Å². The first kappa shape index (κ1) is 13.1. The van der Waals surface area contributed by atoms with E-state index in [1.54, 1.807) is 7.11 Å². The molecule has 0 unspecified atom stereocenters. The first-order valence-electron chi connectivity index (χ1n) is 5.77. The van der Waals surface area contributed by atoms with Crippen LogP contribution >= 0.6 is 15.9 Å². The van der Waals surface area contributed by atoms with E-state index < -0.39 is 0 Å². The predicted molar refractivity (Wildman–Crippen MR) is 74.8 cm³/mol. The molecule has 4 nitrogen and oxygen atoms in total. The molecule has 2 rings (SSSR count). The molecule has 0 atom stereocenters. The fraction of sp³-hybridized carbons (Fsp3) is 0.308. The Labute approximate surface area is 115 Å². The molecule has 0 aliphatic heterocycles. The van der Waals surface area contributed by atoms with Crippen LogP contribution in [0.25, 0.3) is 0 Å². The smallest absolute Gasteiger partial charge is 0.215 e. The van der Waals surface area contributed by atoms with E-state index >= 15 is 0 Å². The van der Waals surface area contributed by atoms with Crippen molar-refractivity contribution in [1.29, 1.82) is 0 Å². The number of aromatic nitrogens is 2. The monoisotopic (exact) mass is 309 g/mol. The van der Waals surface area contributed by atoms with Gasteiger partial charge in [0.15, 0.2) is 0 Å². The van der Waals surface area contributed by atoms with Gasteiger partial charge in [0.2, 0.25) is 5.88 Å². The second kappa shape index (κ2) is 6.02. The third-order valence-corrected chi connectivity index (χ3v) is 3.24. The van der Waals surface area contributed by atoms with E-state index in [1.165, 1.54) is 5.56 Å². The lowest BCUT2D eigenvalue weighted by Crippen LogP contribution is -2.07. The first-order chi connectivity index (χ1) is 8.74. The van der Waals surface area contributed by atoms with Gasteiger partial charge < -0.3 is 10.5 Å². The van der Waals surface area contributed by atoms with E-state index in [9.17, 15) is 0 Å². The van der Waals surface area contributed by atoms with Crippen molar-refractivity contribution in [2.75, 3.05) is 13.7 Å². The van der Waals surface area contributed by atoms with E-state index in [0.717, 1.165) is 22.3 Å². The zero-order valence-corrected chi connectivity index (χ0v) is 11.9. The van der Waals surface area contributed by atoms with Crippen LogP contribution in [-0.4, -0.2) is 23.4 Å². The molecule has 2 aromatic rings. The van der Waals surface area contributed by atoms with E-state index in [4.69, 9.17) is 10.5 Å². The van der Waals surface area contributed by atoms with Crippen LogP contribution in [0.2, 0.25) is 0 Å². The maximum atomic E-state index is 5.56. The second-order valence-electron chi connectivity index (χ2n) is 4.00. The van der Waals surface area contributed by atoms with Gasteiger partial charge in [0.25, 0.3) is 0 Å². The van der Waals surface area contributed by atoms with Gasteiger partial charge in [-0.25, -0.2) is 4.68 Å². The summed E-state index contributed by atoms with van der Waals surface area (Å²) in [4.78, 5) is 0. The largest absolute Gasteiger partial charge is 0.481 e. The molecule has 0 amide bonds. The topological polar surface area (TPSA) is 53.1 Å². The summed E-state index contributed by atoms with van der Waals surface area (Å²) in [5.41, 5.74) is 7.80. The van der Waals surface area contributed by atoms with Crippen molar-refractivity contribution < 1.29 is 4.74 Å². The molecule has 0 saturated heterocycles. The van der Waals surface area contributed by atoms with E-state index in [2.05, 4.69) is 33.2 Å². The van der Waals surface area contributed by atoms with Gasteiger partial charge in [0.05, 0.1) is 19.9 Å². The second-order valence-corrected chi connectivity index (χ2v) is 4.92.